The van der Waals surface area contributed by atoms with Crippen molar-refractivity contribution in [3.8, 4) is 0 Å². The monoisotopic (exact) mass is 398 g/mol. The van der Waals surface area contributed by atoms with Crippen LogP contribution in [0.15, 0.2) is 0 Å². The summed E-state index contributed by atoms with van der Waals surface area (Å²) in [5.41, 5.74) is 0.260. The third kappa shape index (κ3) is 4.70. The molecule has 3 nitrogen and oxygen atoms in total. The average Bonchev–Trinajstić information content (AvgIpc) is 2.89. The predicted molar refractivity (Wildman–Crippen MR) is 114 cm³/mol. The van der Waals surface area contributed by atoms with E-state index in [1.807, 2.05) is 11.8 Å². The highest BCUT2D eigenvalue weighted by Crippen LogP contribution is 2.67. The molecule has 0 amide bonds. The van der Waals surface area contributed by atoms with Gasteiger partial charge in [0.15, 0.2) is 5.79 Å². The SMILES string of the molecule is CSCCCCCCCCOCC[C@]12OC(C)(C)O[C@H]1C[C@H]1C[C@@H]2C1(C)C. The van der Waals surface area contributed by atoms with Crippen LogP contribution in [0.25, 0.3) is 0 Å². The highest BCUT2D eigenvalue weighted by molar-refractivity contribution is 7.98. The van der Waals surface area contributed by atoms with Gasteiger partial charge >= 0.3 is 0 Å². The summed E-state index contributed by atoms with van der Waals surface area (Å²) in [4.78, 5) is 0. The van der Waals surface area contributed by atoms with E-state index in [2.05, 4.69) is 34.0 Å². The van der Waals surface area contributed by atoms with Crippen LogP contribution in [0.2, 0.25) is 0 Å². The minimum Gasteiger partial charge on any atom is -0.381 e. The zero-order valence-corrected chi connectivity index (χ0v) is 19.2. The minimum atomic E-state index is -0.450. The van der Waals surface area contributed by atoms with Gasteiger partial charge in [0.25, 0.3) is 0 Å². The number of thioether (sulfide) groups is 1. The first kappa shape index (κ1) is 21.9. The number of unbranched alkanes of at least 4 members (excludes halogenated alkanes) is 5. The quantitative estimate of drug-likeness (QED) is 0.374. The van der Waals surface area contributed by atoms with Crippen LogP contribution in [0.3, 0.4) is 0 Å². The van der Waals surface area contributed by atoms with E-state index in [0.717, 1.165) is 32.0 Å². The van der Waals surface area contributed by atoms with E-state index in [-0.39, 0.29) is 11.7 Å². The van der Waals surface area contributed by atoms with E-state index in [0.29, 0.717) is 11.3 Å². The summed E-state index contributed by atoms with van der Waals surface area (Å²) in [6.07, 6.45) is 13.9. The molecular weight excluding hydrogens is 356 g/mol. The van der Waals surface area contributed by atoms with Gasteiger partial charge in [-0.3, -0.25) is 0 Å². The van der Waals surface area contributed by atoms with Crippen molar-refractivity contribution in [1.82, 2.24) is 0 Å². The smallest absolute Gasteiger partial charge is 0.164 e. The molecule has 0 aromatic carbocycles. The van der Waals surface area contributed by atoms with Crippen molar-refractivity contribution in [2.75, 3.05) is 25.2 Å². The largest absolute Gasteiger partial charge is 0.381 e. The fraction of sp³-hybridized carbons (Fsp3) is 1.00. The second kappa shape index (κ2) is 8.93. The standard InChI is InChI=1S/C23H42O3S/c1-21(2)18-16-19(21)23(20(17-18)25-22(3,4)26-23)12-14-24-13-10-8-6-7-9-11-15-27-5/h18-20H,6-17H2,1-5H3/t18-,19-,20+,23-/m1/s1. The van der Waals surface area contributed by atoms with Crippen LogP contribution in [0.5, 0.6) is 0 Å². The molecule has 27 heavy (non-hydrogen) atoms. The molecule has 1 heterocycles. The van der Waals surface area contributed by atoms with E-state index >= 15 is 0 Å². The summed E-state index contributed by atoms with van der Waals surface area (Å²) in [7, 11) is 0. The Hall–Kier alpha value is 0.230. The second-order valence-electron chi connectivity index (χ2n) is 10.1. The number of hydrogen-bond donors (Lipinski definition) is 0. The normalized spacial score (nSPS) is 35.7. The average molecular weight is 399 g/mol. The molecule has 4 aliphatic rings. The molecule has 1 aliphatic heterocycles. The van der Waals surface area contributed by atoms with Gasteiger partial charge in [-0.25, -0.2) is 0 Å². The highest BCUT2D eigenvalue weighted by Gasteiger charge is 2.70. The van der Waals surface area contributed by atoms with Gasteiger partial charge in [-0.1, -0.05) is 39.5 Å². The van der Waals surface area contributed by atoms with Gasteiger partial charge < -0.3 is 14.2 Å². The first-order valence-electron chi connectivity index (χ1n) is 11.3. The Morgan fingerprint density at radius 2 is 1.63 bits per heavy atom. The molecule has 0 radical (unpaired) electrons. The van der Waals surface area contributed by atoms with Crippen LogP contribution in [-0.2, 0) is 14.2 Å². The molecule has 0 N–H and O–H groups in total. The van der Waals surface area contributed by atoms with E-state index < -0.39 is 5.79 Å². The van der Waals surface area contributed by atoms with E-state index in [1.54, 1.807) is 0 Å². The topological polar surface area (TPSA) is 27.7 Å². The third-order valence-corrected chi connectivity index (χ3v) is 8.19. The molecule has 4 rings (SSSR count). The van der Waals surface area contributed by atoms with Gasteiger partial charge in [0.1, 0.15) is 5.60 Å². The molecule has 2 bridgehead atoms. The van der Waals surface area contributed by atoms with Gasteiger partial charge in [0.05, 0.1) is 6.10 Å². The van der Waals surface area contributed by atoms with Gasteiger partial charge in [0.2, 0.25) is 0 Å². The van der Waals surface area contributed by atoms with Gasteiger partial charge in [-0.15, -0.1) is 0 Å². The molecule has 3 saturated carbocycles. The van der Waals surface area contributed by atoms with Crippen molar-refractivity contribution in [2.45, 2.75) is 103 Å². The van der Waals surface area contributed by atoms with E-state index in [4.69, 9.17) is 14.2 Å². The molecule has 4 heteroatoms. The molecule has 3 aliphatic carbocycles. The Morgan fingerprint density at radius 1 is 0.926 bits per heavy atom. The Balaban J connectivity index is 1.37. The fourth-order valence-corrected chi connectivity index (χ4v) is 6.41. The maximum absolute atomic E-state index is 6.61. The lowest BCUT2D eigenvalue weighted by atomic mass is 9.43. The summed E-state index contributed by atoms with van der Waals surface area (Å²) in [6, 6.07) is 0. The molecule has 1 saturated heterocycles. The highest BCUT2D eigenvalue weighted by atomic mass is 32.2. The summed E-state index contributed by atoms with van der Waals surface area (Å²) >= 11 is 1.96. The minimum absolute atomic E-state index is 0.126. The molecule has 4 fully saturated rings. The molecule has 0 unspecified atom stereocenters. The van der Waals surface area contributed by atoms with Crippen molar-refractivity contribution in [3.63, 3.8) is 0 Å². The zero-order chi connectivity index (χ0) is 19.5. The maximum atomic E-state index is 6.61. The molecule has 158 valence electrons. The number of hydrogen-bond acceptors (Lipinski definition) is 4. The van der Waals surface area contributed by atoms with Crippen molar-refractivity contribution >= 4 is 11.8 Å². The lowest BCUT2D eigenvalue weighted by Gasteiger charge is -2.64. The van der Waals surface area contributed by atoms with Crippen LogP contribution in [0, 0.1) is 17.3 Å². The van der Waals surface area contributed by atoms with Crippen LogP contribution >= 0.6 is 11.8 Å². The predicted octanol–water partition coefficient (Wildman–Crippen LogP) is 6.05. The molecular formula is C23H42O3S. The summed E-state index contributed by atoms with van der Waals surface area (Å²) in [6.45, 7) is 10.7. The first-order valence-corrected chi connectivity index (χ1v) is 12.7. The van der Waals surface area contributed by atoms with Crippen LogP contribution in [-0.4, -0.2) is 42.7 Å². The number of ether oxygens (including phenoxy) is 3. The van der Waals surface area contributed by atoms with Gasteiger partial charge in [-0.2, -0.15) is 11.8 Å². The second-order valence-corrected chi connectivity index (χ2v) is 11.1. The Bertz CT molecular complexity index is 478. The first-order chi connectivity index (χ1) is 12.8. The molecule has 4 atom stereocenters. The Kier molecular flexibility index (Phi) is 7.26. The lowest BCUT2D eigenvalue weighted by molar-refractivity contribution is -0.235. The van der Waals surface area contributed by atoms with Gasteiger partial charge in [-0.05, 0) is 68.8 Å². The van der Waals surface area contributed by atoms with Gasteiger partial charge in [0, 0.05) is 19.6 Å². The third-order valence-electron chi connectivity index (χ3n) is 7.49. The summed E-state index contributed by atoms with van der Waals surface area (Å²) in [5.74, 6) is 2.27. The zero-order valence-electron chi connectivity index (χ0n) is 18.4. The maximum Gasteiger partial charge on any atom is 0.164 e. The van der Waals surface area contributed by atoms with Crippen molar-refractivity contribution < 1.29 is 14.2 Å². The van der Waals surface area contributed by atoms with E-state index in [1.165, 1.54) is 50.7 Å². The molecule has 0 aromatic rings. The van der Waals surface area contributed by atoms with Crippen LogP contribution in [0.1, 0.15) is 85.5 Å². The fourth-order valence-electron chi connectivity index (χ4n) is 5.91. The molecule has 0 aromatic heterocycles. The molecule has 0 spiro atoms. The number of rotatable bonds is 12. The van der Waals surface area contributed by atoms with Crippen LogP contribution in [0.4, 0.5) is 0 Å². The van der Waals surface area contributed by atoms with Crippen molar-refractivity contribution in [1.29, 1.82) is 0 Å². The Labute approximate surface area is 171 Å². The van der Waals surface area contributed by atoms with Crippen LogP contribution < -0.4 is 0 Å². The summed E-state index contributed by atoms with van der Waals surface area (Å²) < 4.78 is 19.0. The van der Waals surface area contributed by atoms with Crippen molar-refractivity contribution in [2.24, 2.45) is 17.3 Å². The Morgan fingerprint density at radius 3 is 2.33 bits per heavy atom. The summed E-state index contributed by atoms with van der Waals surface area (Å²) in [5, 5.41) is 0. The van der Waals surface area contributed by atoms with Crippen molar-refractivity contribution in [3.05, 3.63) is 0 Å². The van der Waals surface area contributed by atoms with E-state index in [9.17, 15) is 0 Å². The lowest BCUT2D eigenvalue weighted by Crippen LogP contribution is -2.67.